The molecule has 110 valence electrons. The number of carbonyl (C=O) groups is 1. The van der Waals surface area contributed by atoms with Gasteiger partial charge in [-0.2, -0.15) is 0 Å². The maximum atomic E-state index is 12.9. The highest BCUT2D eigenvalue weighted by Crippen LogP contribution is 2.32. The molecule has 1 aromatic rings. The van der Waals surface area contributed by atoms with Crippen molar-refractivity contribution in [2.75, 3.05) is 6.61 Å². The van der Waals surface area contributed by atoms with Crippen molar-refractivity contribution in [3.63, 3.8) is 0 Å². The van der Waals surface area contributed by atoms with Crippen molar-refractivity contribution >= 4 is 18.1 Å². The van der Waals surface area contributed by atoms with Gasteiger partial charge in [0.1, 0.15) is 5.69 Å². The summed E-state index contributed by atoms with van der Waals surface area (Å²) in [5.41, 5.74) is -0.569. The van der Waals surface area contributed by atoms with Crippen LogP contribution in [0, 0.1) is 0 Å². The maximum absolute atomic E-state index is 12.9. The van der Waals surface area contributed by atoms with Gasteiger partial charge in [-0.1, -0.05) is 13.8 Å². The molecular weight excluding hydrogens is 270 g/mol. The number of aromatic carboxylic acids is 1. The Morgan fingerprint density at radius 1 is 1.55 bits per heavy atom. The molecule has 7 heteroatoms. The number of rotatable bonds is 7. The lowest BCUT2D eigenvalue weighted by atomic mass is 10.0. The highest BCUT2D eigenvalue weighted by molar-refractivity contribution is 5.91. The summed E-state index contributed by atoms with van der Waals surface area (Å²) in [4.78, 5) is 18.4. The lowest BCUT2D eigenvalue weighted by Crippen LogP contribution is -2.06. The molecule has 0 saturated heterocycles. The summed E-state index contributed by atoms with van der Waals surface area (Å²) >= 11 is 0. The molecule has 1 heterocycles. The number of halogens is 2. The van der Waals surface area contributed by atoms with Crippen molar-refractivity contribution < 1.29 is 23.4 Å². The van der Waals surface area contributed by atoms with Crippen LogP contribution < -0.4 is 0 Å². The summed E-state index contributed by atoms with van der Waals surface area (Å²) < 4.78 is 30.9. The number of carboxylic acids is 1. The summed E-state index contributed by atoms with van der Waals surface area (Å²) in [5.74, 6) is -1.22. The number of hydrogen-bond acceptors (Lipinski definition) is 4. The monoisotopic (exact) mass is 286 g/mol. The maximum Gasteiger partial charge on any atom is 0.337 e. The summed E-state index contributed by atoms with van der Waals surface area (Å²) in [6.07, 6.45) is 0.166. The Bertz CT molecular complexity index is 505. The summed E-state index contributed by atoms with van der Waals surface area (Å²) in [6.45, 7) is 3.96. The van der Waals surface area contributed by atoms with Crippen LogP contribution in [-0.2, 0) is 11.2 Å². The molecule has 1 aromatic heterocycles. The van der Waals surface area contributed by atoms with Crippen molar-refractivity contribution in [1.29, 1.82) is 0 Å². The van der Waals surface area contributed by atoms with Crippen molar-refractivity contribution in [3.8, 4) is 0 Å². The summed E-state index contributed by atoms with van der Waals surface area (Å²) in [5, 5.41) is 9.05. The number of nitrogens with zero attached hydrogens (tertiary/aromatic N) is 2. The van der Waals surface area contributed by atoms with Crippen molar-refractivity contribution in [2.45, 2.75) is 33.1 Å². The minimum Gasteiger partial charge on any atom is -0.483 e. The van der Waals surface area contributed by atoms with Crippen LogP contribution in [-0.4, -0.2) is 29.1 Å². The van der Waals surface area contributed by atoms with Gasteiger partial charge in [0.25, 0.3) is 6.43 Å². The van der Waals surface area contributed by atoms with Crippen molar-refractivity contribution in [2.24, 2.45) is 4.99 Å². The first-order chi connectivity index (χ1) is 9.52. The van der Waals surface area contributed by atoms with Crippen molar-refractivity contribution in [1.82, 2.24) is 4.98 Å². The second-order valence-corrected chi connectivity index (χ2v) is 3.95. The first-order valence-electron chi connectivity index (χ1n) is 6.20. The van der Waals surface area contributed by atoms with E-state index < -0.39 is 18.1 Å². The van der Waals surface area contributed by atoms with E-state index in [1.807, 2.05) is 6.92 Å². The minimum atomic E-state index is -2.83. The Morgan fingerprint density at radius 2 is 2.25 bits per heavy atom. The van der Waals surface area contributed by atoms with Crippen LogP contribution in [0.5, 0.6) is 0 Å². The number of ether oxygens (including phenoxy) is 1. The molecule has 20 heavy (non-hydrogen) atoms. The largest absolute Gasteiger partial charge is 0.483 e. The van der Waals surface area contributed by atoms with Gasteiger partial charge >= 0.3 is 5.97 Å². The smallest absolute Gasteiger partial charge is 0.337 e. The lowest BCUT2D eigenvalue weighted by molar-refractivity contribution is 0.0694. The molecule has 0 saturated carbocycles. The normalized spacial score (nSPS) is 11.2. The number of aliphatic imine (C=N–C) groups is 1. The van der Waals surface area contributed by atoms with E-state index in [0.29, 0.717) is 6.61 Å². The summed E-state index contributed by atoms with van der Waals surface area (Å²) in [7, 11) is 0. The van der Waals surface area contributed by atoms with Gasteiger partial charge < -0.3 is 9.84 Å². The fourth-order valence-electron chi connectivity index (χ4n) is 1.66. The number of carboxylic acid groups (broad SMARTS) is 1. The number of alkyl halides is 2. The molecule has 0 aliphatic carbocycles. The van der Waals surface area contributed by atoms with Crippen LogP contribution in [0.25, 0.3) is 0 Å². The molecule has 0 spiro atoms. The van der Waals surface area contributed by atoms with Gasteiger partial charge in [-0.15, -0.1) is 0 Å². The van der Waals surface area contributed by atoms with Crippen LogP contribution in [0.3, 0.4) is 0 Å². The fourth-order valence-corrected chi connectivity index (χ4v) is 1.66. The van der Waals surface area contributed by atoms with E-state index in [1.54, 1.807) is 6.92 Å². The zero-order chi connectivity index (χ0) is 15.1. The minimum absolute atomic E-state index is 0.125. The quantitative estimate of drug-likeness (QED) is 0.474. The Kier molecular flexibility index (Phi) is 6.02. The number of aromatic nitrogens is 1. The Hall–Kier alpha value is -2.05. The Labute approximate surface area is 115 Å². The molecule has 1 rings (SSSR count). The molecule has 5 nitrogen and oxygen atoms in total. The van der Waals surface area contributed by atoms with E-state index in [0.717, 1.165) is 19.0 Å². The van der Waals surface area contributed by atoms with Gasteiger partial charge in [-0.25, -0.2) is 18.6 Å². The van der Waals surface area contributed by atoms with Gasteiger partial charge in [0.15, 0.2) is 6.40 Å². The Morgan fingerprint density at radius 3 is 2.75 bits per heavy atom. The second-order valence-electron chi connectivity index (χ2n) is 3.95. The van der Waals surface area contributed by atoms with Crippen molar-refractivity contribution in [3.05, 3.63) is 23.0 Å². The third-order valence-corrected chi connectivity index (χ3v) is 2.56. The molecule has 0 aliphatic heterocycles. The van der Waals surface area contributed by atoms with Crippen LogP contribution >= 0.6 is 0 Å². The van der Waals surface area contributed by atoms with Crippen LogP contribution in [0.4, 0.5) is 14.5 Å². The van der Waals surface area contributed by atoms with Crippen LogP contribution in [0.1, 0.15) is 48.3 Å². The first-order valence-corrected chi connectivity index (χ1v) is 6.20. The van der Waals surface area contributed by atoms with Crippen LogP contribution in [0.2, 0.25) is 0 Å². The predicted molar refractivity (Wildman–Crippen MR) is 69.9 cm³/mol. The number of hydrogen-bond donors (Lipinski definition) is 1. The topological polar surface area (TPSA) is 71.8 Å². The van der Waals surface area contributed by atoms with Gasteiger partial charge in [0.2, 0.25) is 0 Å². The van der Waals surface area contributed by atoms with E-state index in [4.69, 9.17) is 9.84 Å². The zero-order valence-corrected chi connectivity index (χ0v) is 11.3. The van der Waals surface area contributed by atoms with E-state index in [2.05, 4.69) is 9.98 Å². The average Bonchev–Trinajstić information content (AvgIpc) is 2.42. The van der Waals surface area contributed by atoms with Gasteiger partial charge in [0, 0.05) is 6.20 Å². The third-order valence-electron chi connectivity index (χ3n) is 2.56. The molecule has 0 aliphatic rings. The highest BCUT2D eigenvalue weighted by atomic mass is 19.3. The average molecular weight is 286 g/mol. The molecule has 0 bridgehead atoms. The van der Waals surface area contributed by atoms with E-state index in [9.17, 15) is 13.6 Å². The number of pyridine rings is 1. The van der Waals surface area contributed by atoms with Gasteiger partial charge in [-0.05, 0) is 18.4 Å². The molecule has 1 N–H and O–H groups in total. The summed E-state index contributed by atoms with van der Waals surface area (Å²) in [6, 6.07) is 0. The SMILES string of the molecule is CCCOC=Nc1c(C(F)F)ncc(C(=O)O)c1CC. The van der Waals surface area contributed by atoms with E-state index in [-0.39, 0.29) is 23.2 Å². The molecule has 0 aromatic carbocycles. The Balaban J connectivity index is 3.29. The van der Waals surface area contributed by atoms with E-state index >= 15 is 0 Å². The fraction of sp³-hybridized carbons (Fsp3) is 0.462. The third kappa shape index (κ3) is 3.72. The van der Waals surface area contributed by atoms with E-state index in [1.165, 1.54) is 0 Å². The van der Waals surface area contributed by atoms with Gasteiger partial charge in [-0.3, -0.25) is 4.98 Å². The molecule has 0 atom stereocenters. The lowest BCUT2D eigenvalue weighted by Gasteiger charge is -2.11. The second kappa shape index (κ2) is 7.52. The zero-order valence-electron chi connectivity index (χ0n) is 11.3. The molecular formula is C13H16F2N2O3. The molecule has 0 radical (unpaired) electrons. The predicted octanol–water partition coefficient (Wildman–Crippen LogP) is 3.37. The first kappa shape index (κ1) is 16.0. The molecule has 0 unspecified atom stereocenters. The standard InChI is InChI=1S/C13H16F2N2O3/c1-3-5-20-7-17-10-8(4-2)9(13(18)19)6-16-11(10)12(14)15/h6-7,12H,3-5H2,1-2H3,(H,18,19). The molecule has 0 amide bonds. The highest BCUT2D eigenvalue weighted by Gasteiger charge is 2.22. The molecule has 0 fully saturated rings. The van der Waals surface area contributed by atoms with Gasteiger partial charge in [0.05, 0.1) is 17.9 Å². The van der Waals surface area contributed by atoms with Crippen LogP contribution in [0.15, 0.2) is 11.2 Å².